The molecule has 0 aliphatic heterocycles. The number of hydrogen-bond acceptors (Lipinski definition) is 3. The molecule has 0 saturated heterocycles. The van der Waals surface area contributed by atoms with Crippen LogP contribution in [-0.2, 0) is 6.54 Å². The second-order valence-electron chi connectivity index (χ2n) is 4.04. The molecule has 4 nitrogen and oxygen atoms in total. The Morgan fingerprint density at radius 2 is 2.27 bits per heavy atom. The first-order valence-electron chi connectivity index (χ1n) is 5.12. The van der Waals surface area contributed by atoms with Crippen LogP contribution in [0.3, 0.4) is 0 Å². The summed E-state index contributed by atoms with van der Waals surface area (Å²) in [5.41, 5.74) is 6.88. The van der Waals surface area contributed by atoms with E-state index in [2.05, 4.69) is 46.9 Å². The Labute approximate surface area is 99.6 Å². The molecule has 0 fully saturated rings. The number of rotatable bonds is 5. The van der Waals surface area contributed by atoms with Crippen LogP contribution in [-0.4, -0.2) is 41.9 Å². The standard InChI is InChI=1S/C10H19BrN4/c1-8(6-12)10-9(11)7-13-15(10)5-4-14(2)3/h7-8H,4-6,12H2,1-3H3. The molecule has 0 aliphatic carbocycles. The number of aromatic nitrogens is 2. The van der Waals surface area contributed by atoms with Crippen molar-refractivity contribution in [2.45, 2.75) is 19.4 Å². The van der Waals surface area contributed by atoms with Gasteiger partial charge < -0.3 is 10.6 Å². The highest BCUT2D eigenvalue weighted by molar-refractivity contribution is 9.10. The van der Waals surface area contributed by atoms with Crippen molar-refractivity contribution in [2.24, 2.45) is 5.73 Å². The molecule has 1 aromatic heterocycles. The highest BCUT2D eigenvalue weighted by atomic mass is 79.9. The number of hydrogen-bond donors (Lipinski definition) is 1. The SMILES string of the molecule is CC(CN)c1c(Br)cnn1CCN(C)C. The normalized spacial score (nSPS) is 13.5. The summed E-state index contributed by atoms with van der Waals surface area (Å²) in [6.45, 7) is 4.65. The maximum Gasteiger partial charge on any atom is 0.0635 e. The number of halogens is 1. The fraction of sp³-hybridized carbons (Fsp3) is 0.700. The number of likely N-dealkylation sites (N-methyl/N-ethyl adjacent to an activating group) is 1. The molecule has 15 heavy (non-hydrogen) atoms. The van der Waals surface area contributed by atoms with Crippen molar-refractivity contribution in [2.75, 3.05) is 27.2 Å². The lowest BCUT2D eigenvalue weighted by atomic mass is 10.1. The molecule has 0 bridgehead atoms. The van der Waals surface area contributed by atoms with Crippen LogP contribution in [0.15, 0.2) is 10.7 Å². The Hall–Kier alpha value is -0.390. The zero-order valence-electron chi connectivity index (χ0n) is 9.57. The predicted molar refractivity (Wildman–Crippen MR) is 66.0 cm³/mol. The Balaban J connectivity index is 2.79. The quantitative estimate of drug-likeness (QED) is 0.880. The van der Waals surface area contributed by atoms with Gasteiger partial charge in [-0.3, -0.25) is 4.68 Å². The fourth-order valence-electron chi connectivity index (χ4n) is 1.45. The van der Waals surface area contributed by atoms with Crippen LogP contribution in [0.2, 0.25) is 0 Å². The van der Waals surface area contributed by atoms with Gasteiger partial charge in [-0.25, -0.2) is 0 Å². The van der Waals surface area contributed by atoms with Gasteiger partial charge in [0.2, 0.25) is 0 Å². The topological polar surface area (TPSA) is 47.1 Å². The molecule has 5 heteroatoms. The third kappa shape index (κ3) is 3.29. The van der Waals surface area contributed by atoms with Crippen molar-refractivity contribution in [3.8, 4) is 0 Å². The lowest BCUT2D eigenvalue weighted by Crippen LogP contribution is -2.22. The van der Waals surface area contributed by atoms with Gasteiger partial charge >= 0.3 is 0 Å². The first kappa shape index (κ1) is 12.7. The van der Waals surface area contributed by atoms with Crippen molar-refractivity contribution < 1.29 is 0 Å². The summed E-state index contributed by atoms with van der Waals surface area (Å²) in [4.78, 5) is 2.15. The molecule has 1 rings (SSSR count). The summed E-state index contributed by atoms with van der Waals surface area (Å²) >= 11 is 3.51. The van der Waals surface area contributed by atoms with Gasteiger partial charge in [0.25, 0.3) is 0 Å². The van der Waals surface area contributed by atoms with Crippen LogP contribution >= 0.6 is 15.9 Å². The zero-order valence-corrected chi connectivity index (χ0v) is 11.2. The average molecular weight is 275 g/mol. The van der Waals surface area contributed by atoms with Crippen molar-refractivity contribution in [3.05, 3.63) is 16.4 Å². The van der Waals surface area contributed by atoms with Gasteiger partial charge in [-0.05, 0) is 30.0 Å². The van der Waals surface area contributed by atoms with Gasteiger partial charge in [0, 0.05) is 19.0 Å². The first-order chi connectivity index (χ1) is 7.06. The van der Waals surface area contributed by atoms with Crippen molar-refractivity contribution in [1.29, 1.82) is 0 Å². The lowest BCUT2D eigenvalue weighted by molar-refractivity contribution is 0.367. The minimum absolute atomic E-state index is 0.337. The van der Waals surface area contributed by atoms with E-state index in [-0.39, 0.29) is 0 Å². The zero-order chi connectivity index (χ0) is 11.4. The van der Waals surface area contributed by atoms with Gasteiger partial charge in [0.05, 0.1) is 22.9 Å². The summed E-state index contributed by atoms with van der Waals surface area (Å²) in [5.74, 6) is 0.337. The van der Waals surface area contributed by atoms with E-state index in [9.17, 15) is 0 Å². The average Bonchev–Trinajstić information content (AvgIpc) is 2.55. The Morgan fingerprint density at radius 3 is 2.80 bits per heavy atom. The smallest absolute Gasteiger partial charge is 0.0635 e. The molecule has 0 radical (unpaired) electrons. The maximum atomic E-state index is 5.68. The van der Waals surface area contributed by atoms with E-state index in [1.807, 2.05) is 10.9 Å². The molecule has 1 heterocycles. The van der Waals surface area contributed by atoms with E-state index in [4.69, 9.17) is 5.73 Å². The van der Waals surface area contributed by atoms with E-state index >= 15 is 0 Å². The third-order valence-electron chi connectivity index (χ3n) is 2.41. The van der Waals surface area contributed by atoms with Crippen molar-refractivity contribution in [1.82, 2.24) is 14.7 Å². The van der Waals surface area contributed by atoms with Gasteiger partial charge in [0.1, 0.15) is 0 Å². The Morgan fingerprint density at radius 1 is 1.60 bits per heavy atom. The predicted octanol–water partition coefficient (Wildman–Crippen LogP) is 1.27. The van der Waals surface area contributed by atoms with Gasteiger partial charge in [0.15, 0.2) is 0 Å². The molecule has 0 amide bonds. The number of nitrogens with two attached hydrogens (primary N) is 1. The molecule has 86 valence electrons. The first-order valence-corrected chi connectivity index (χ1v) is 5.91. The molecule has 0 aromatic carbocycles. The Kier molecular flexibility index (Phi) is 4.76. The molecule has 0 saturated carbocycles. The molecule has 1 atom stereocenters. The largest absolute Gasteiger partial charge is 0.330 e. The third-order valence-corrected chi connectivity index (χ3v) is 3.02. The van der Waals surface area contributed by atoms with Crippen LogP contribution in [0.5, 0.6) is 0 Å². The minimum atomic E-state index is 0.337. The molecule has 0 spiro atoms. The fourth-order valence-corrected chi connectivity index (χ4v) is 2.13. The Bertz CT molecular complexity index is 308. The highest BCUT2D eigenvalue weighted by Crippen LogP contribution is 2.23. The monoisotopic (exact) mass is 274 g/mol. The van der Waals surface area contributed by atoms with Crippen LogP contribution < -0.4 is 5.73 Å². The van der Waals surface area contributed by atoms with E-state index in [1.54, 1.807) is 0 Å². The van der Waals surface area contributed by atoms with Gasteiger partial charge in [-0.1, -0.05) is 6.92 Å². The minimum Gasteiger partial charge on any atom is -0.330 e. The summed E-state index contributed by atoms with van der Waals surface area (Å²) in [6, 6.07) is 0. The second kappa shape index (κ2) is 5.63. The summed E-state index contributed by atoms with van der Waals surface area (Å²) in [7, 11) is 4.12. The van der Waals surface area contributed by atoms with Crippen molar-refractivity contribution >= 4 is 15.9 Å². The van der Waals surface area contributed by atoms with Gasteiger partial charge in [-0.15, -0.1) is 0 Å². The van der Waals surface area contributed by atoms with E-state index in [0.29, 0.717) is 12.5 Å². The molecular weight excluding hydrogens is 256 g/mol. The molecule has 0 aliphatic rings. The van der Waals surface area contributed by atoms with Gasteiger partial charge in [-0.2, -0.15) is 5.10 Å². The van der Waals surface area contributed by atoms with Crippen molar-refractivity contribution in [3.63, 3.8) is 0 Å². The van der Waals surface area contributed by atoms with Crippen LogP contribution in [0.25, 0.3) is 0 Å². The lowest BCUT2D eigenvalue weighted by Gasteiger charge is -2.15. The second-order valence-corrected chi connectivity index (χ2v) is 4.90. The van der Waals surface area contributed by atoms with Crippen LogP contribution in [0.4, 0.5) is 0 Å². The number of nitrogens with zero attached hydrogens (tertiary/aromatic N) is 3. The van der Waals surface area contributed by atoms with Crippen LogP contribution in [0, 0.1) is 0 Å². The van der Waals surface area contributed by atoms with E-state index in [0.717, 1.165) is 17.6 Å². The van der Waals surface area contributed by atoms with E-state index in [1.165, 1.54) is 5.69 Å². The summed E-state index contributed by atoms with van der Waals surface area (Å²) in [5, 5.41) is 4.34. The molecular formula is C10H19BrN4. The summed E-state index contributed by atoms with van der Waals surface area (Å²) in [6.07, 6.45) is 1.84. The molecule has 1 aromatic rings. The summed E-state index contributed by atoms with van der Waals surface area (Å²) < 4.78 is 3.08. The van der Waals surface area contributed by atoms with Crippen LogP contribution in [0.1, 0.15) is 18.5 Å². The molecule has 1 unspecified atom stereocenters. The maximum absolute atomic E-state index is 5.68. The highest BCUT2D eigenvalue weighted by Gasteiger charge is 2.14. The van der Waals surface area contributed by atoms with E-state index < -0.39 is 0 Å². The molecule has 2 N–H and O–H groups in total.